The zero-order chi connectivity index (χ0) is 28.3. The fourth-order valence-electron chi connectivity index (χ4n) is 4.88. The first-order chi connectivity index (χ1) is 20.0. The molecular weight excluding hydrogens is 576 g/mol. The molecule has 0 saturated carbocycles. The molecule has 4 aromatic carbocycles. The lowest BCUT2D eigenvalue weighted by atomic mass is 10.2. The molecule has 202 valence electrons. The van der Waals surface area contributed by atoms with E-state index in [1.54, 1.807) is 12.3 Å². The first-order valence-electron chi connectivity index (χ1n) is 13.3. The third kappa shape index (κ3) is 5.49. The van der Waals surface area contributed by atoms with Crippen molar-refractivity contribution in [3.05, 3.63) is 147 Å². The summed E-state index contributed by atoms with van der Waals surface area (Å²) in [6.07, 6.45) is 1.73. The summed E-state index contributed by atoms with van der Waals surface area (Å²) >= 11 is 3.46. The van der Waals surface area contributed by atoms with Gasteiger partial charge in [-0.1, -0.05) is 70.5 Å². The molecule has 41 heavy (non-hydrogen) atoms. The van der Waals surface area contributed by atoms with Gasteiger partial charge in [0.25, 0.3) is 5.56 Å². The molecule has 2 aromatic heterocycles. The number of hydrogen-bond acceptors (Lipinski definition) is 4. The van der Waals surface area contributed by atoms with Crippen molar-refractivity contribution in [1.82, 2.24) is 14.2 Å². The number of hydrogen-bond donors (Lipinski definition) is 0. The number of fused-ring (bicyclic) bond motifs is 1. The van der Waals surface area contributed by atoms with Crippen molar-refractivity contribution < 1.29 is 4.74 Å². The van der Waals surface area contributed by atoms with E-state index < -0.39 is 0 Å². The molecule has 2 heterocycles. The Labute approximate surface area is 246 Å². The average Bonchev–Trinajstić information content (AvgIpc) is 3.29. The monoisotopic (exact) mass is 602 g/mol. The molecule has 0 amide bonds. The topological polar surface area (TPSA) is 61.4 Å². The fourth-order valence-corrected chi connectivity index (χ4v) is 5.14. The molecule has 0 aliphatic rings. The van der Waals surface area contributed by atoms with Crippen LogP contribution in [0.1, 0.15) is 22.5 Å². The van der Waals surface area contributed by atoms with E-state index in [1.165, 1.54) is 4.68 Å². The van der Waals surface area contributed by atoms with Gasteiger partial charge in [-0.2, -0.15) is 9.78 Å². The Morgan fingerprint density at radius 2 is 1.59 bits per heavy atom. The van der Waals surface area contributed by atoms with E-state index in [4.69, 9.17) is 9.72 Å². The van der Waals surface area contributed by atoms with Crippen molar-refractivity contribution in [3.8, 4) is 22.8 Å². The van der Waals surface area contributed by atoms with Crippen LogP contribution in [-0.2, 0) is 6.61 Å². The van der Waals surface area contributed by atoms with Crippen molar-refractivity contribution in [2.75, 3.05) is 0 Å². The summed E-state index contributed by atoms with van der Waals surface area (Å²) < 4.78 is 10.6. The Hall–Kier alpha value is -4.75. The Morgan fingerprint density at radius 3 is 2.34 bits per heavy atom. The lowest BCUT2D eigenvalue weighted by molar-refractivity contribution is 0.306. The summed E-state index contributed by atoms with van der Waals surface area (Å²) in [7, 11) is 0. The van der Waals surface area contributed by atoms with Gasteiger partial charge in [0.15, 0.2) is 5.82 Å². The van der Waals surface area contributed by atoms with Crippen LogP contribution >= 0.6 is 15.9 Å². The smallest absolute Gasteiger partial charge is 0.282 e. The van der Waals surface area contributed by atoms with Gasteiger partial charge in [0.2, 0.25) is 0 Å². The lowest BCUT2D eigenvalue weighted by Gasteiger charge is -2.12. The molecule has 0 unspecified atom stereocenters. The minimum Gasteiger partial charge on any atom is -0.489 e. The molecule has 0 atom stereocenters. The summed E-state index contributed by atoms with van der Waals surface area (Å²) in [6, 6.07) is 35.2. The summed E-state index contributed by atoms with van der Waals surface area (Å²) in [5.41, 5.74) is 6.36. The van der Waals surface area contributed by atoms with Crippen molar-refractivity contribution in [2.24, 2.45) is 5.10 Å². The minimum atomic E-state index is -0.210. The highest BCUT2D eigenvalue weighted by molar-refractivity contribution is 9.10. The summed E-state index contributed by atoms with van der Waals surface area (Å²) in [6.45, 7) is 4.61. The number of ether oxygens (including phenoxy) is 1. The molecule has 7 heteroatoms. The Bertz CT molecular complexity index is 1920. The molecule has 0 N–H and O–H groups in total. The van der Waals surface area contributed by atoms with E-state index in [2.05, 4.69) is 38.6 Å². The zero-order valence-electron chi connectivity index (χ0n) is 22.7. The van der Waals surface area contributed by atoms with Gasteiger partial charge >= 0.3 is 0 Å². The first-order valence-corrected chi connectivity index (χ1v) is 14.1. The van der Waals surface area contributed by atoms with Crippen molar-refractivity contribution in [3.63, 3.8) is 0 Å². The normalized spacial score (nSPS) is 11.4. The summed E-state index contributed by atoms with van der Waals surface area (Å²) in [4.78, 5) is 18.3. The van der Waals surface area contributed by atoms with Crippen LogP contribution in [0.25, 0.3) is 28.0 Å². The van der Waals surface area contributed by atoms with E-state index in [1.807, 2.05) is 104 Å². The maximum Gasteiger partial charge on any atom is 0.282 e. The Balaban J connectivity index is 1.30. The second kappa shape index (κ2) is 11.4. The molecule has 6 nitrogen and oxygen atoms in total. The highest BCUT2D eigenvalue weighted by atomic mass is 79.9. The van der Waals surface area contributed by atoms with Gasteiger partial charge in [-0.25, -0.2) is 4.98 Å². The quantitative estimate of drug-likeness (QED) is 0.176. The maximum atomic E-state index is 13.5. The summed E-state index contributed by atoms with van der Waals surface area (Å²) in [5, 5.41) is 5.19. The van der Waals surface area contributed by atoms with Gasteiger partial charge < -0.3 is 9.30 Å². The summed E-state index contributed by atoms with van der Waals surface area (Å²) in [5.74, 6) is 1.30. The van der Waals surface area contributed by atoms with Gasteiger partial charge in [-0.05, 0) is 74.0 Å². The second-order valence-electron chi connectivity index (χ2n) is 9.75. The molecule has 0 aliphatic heterocycles. The van der Waals surface area contributed by atoms with E-state index in [9.17, 15) is 4.79 Å². The van der Waals surface area contributed by atoms with Crippen LogP contribution in [0.5, 0.6) is 5.75 Å². The van der Waals surface area contributed by atoms with Crippen LogP contribution in [0.15, 0.2) is 124 Å². The van der Waals surface area contributed by atoms with Gasteiger partial charge in [0.1, 0.15) is 12.4 Å². The first kappa shape index (κ1) is 26.5. The molecule has 0 radical (unpaired) electrons. The second-order valence-corrected chi connectivity index (χ2v) is 10.7. The molecular formula is C34H27BrN4O2. The van der Waals surface area contributed by atoms with Gasteiger partial charge in [-0.3, -0.25) is 4.79 Å². The molecule has 0 aliphatic carbocycles. The van der Waals surface area contributed by atoms with Gasteiger partial charge in [0, 0.05) is 32.7 Å². The number of rotatable bonds is 7. The van der Waals surface area contributed by atoms with E-state index >= 15 is 0 Å². The number of aryl methyl sites for hydroxylation is 1. The highest BCUT2D eigenvalue weighted by Gasteiger charge is 2.14. The van der Waals surface area contributed by atoms with Gasteiger partial charge in [-0.15, -0.1) is 0 Å². The molecule has 6 aromatic rings. The van der Waals surface area contributed by atoms with E-state index in [0.29, 0.717) is 23.3 Å². The van der Waals surface area contributed by atoms with Crippen LogP contribution in [0.4, 0.5) is 0 Å². The number of para-hydroxylation sites is 1. The number of benzene rings is 4. The maximum absolute atomic E-state index is 13.5. The predicted molar refractivity (Wildman–Crippen MR) is 168 cm³/mol. The molecule has 0 bridgehead atoms. The fraction of sp³-hybridized carbons (Fsp3) is 0.0882. The standard InChI is InChI=1S/C34H27BrN4O2/c1-23-20-27(24(2)38(23)29-16-18-30(19-17-29)41-22-25-12-14-28(35)15-13-25)21-36-39-33(26-8-4-3-5-9-26)37-32-11-7-6-10-31(32)34(39)40/h3-21H,22H2,1-2H3. The SMILES string of the molecule is Cc1cc(C=Nn2c(-c3ccccc3)nc3ccccc3c2=O)c(C)n1-c1ccc(OCc2ccc(Br)cc2)cc1. The minimum absolute atomic E-state index is 0.210. The molecule has 0 spiro atoms. The third-order valence-electron chi connectivity index (χ3n) is 6.98. The van der Waals surface area contributed by atoms with Crippen molar-refractivity contribution in [2.45, 2.75) is 20.5 Å². The van der Waals surface area contributed by atoms with E-state index in [-0.39, 0.29) is 5.56 Å². The highest BCUT2D eigenvalue weighted by Crippen LogP contribution is 2.24. The van der Waals surface area contributed by atoms with Crippen molar-refractivity contribution in [1.29, 1.82) is 0 Å². The van der Waals surface area contributed by atoms with E-state index in [0.717, 1.165) is 44.0 Å². The van der Waals surface area contributed by atoms with Crippen LogP contribution in [-0.4, -0.2) is 20.4 Å². The lowest BCUT2D eigenvalue weighted by Crippen LogP contribution is -2.20. The van der Waals surface area contributed by atoms with Crippen molar-refractivity contribution >= 4 is 33.0 Å². The molecule has 0 fully saturated rings. The predicted octanol–water partition coefficient (Wildman–Crippen LogP) is 7.69. The number of halogens is 1. The number of aromatic nitrogens is 3. The average molecular weight is 604 g/mol. The Morgan fingerprint density at radius 1 is 0.878 bits per heavy atom. The third-order valence-corrected chi connectivity index (χ3v) is 7.51. The van der Waals surface area contributed by atoms with Gasteiger partial charge in [0.05, 0.1) is 17.1 Å². The largest absolute Gasteiger partial charge is 0.489 e. The Kier molecular flexibility index (Phi) is 7.35. The molecule has 6 rings (SSSR count). The molecule has 0 saturated heterocycles. The zero-order valence-corrected chi connectivity index (χ0v) is 24.2. The van der Waals surface area contributed by atoms with Crippen LogP contribution < -0.4 is 10.3 Å². The van der Waals surface area contributed by atoms with Crippen LogP contribution in [0, 0.1) is 13.8 Å². The van der Waals surface area contributed by atoms with Crippen LogP contribution in [0.3, 0.4) is 0 Å². The van der Waals surface area contributed by atoms with Crippen LogP contribution in [0.2, 0.25) is 0 Å². The number of nitrogens with zero attached hydrogens (tertiary/aromatic N) is 4.